The summed E-state index contributed by atoms with van der Waals surface area (Å²) < 4.78 is 0. The fourth-order valence-corrected chi connectivity index (χ4v) is 1.78. The van der Waals surface area contributed by atoms with Crippen LogP contribution in [0.3, 0.4) is 0 Å². The second-order valence-electron chi connectivity index (χ2n) is 4.75. The van der Waals surface area contributed by atoms with Crippen molar-refractivity contribution in [1.29, 1.82) is 0 Å². The molecule has 0 saturated heterocycles. The molecule has 0 aliphatic carbocycles. The molecular formula is C13H28N2O. The Hall–Kier alpha value is -0.570. The van der Waals surface area contributed by atoms with Crippen molar-refractivity contribution in [3.63, 3.8) is 0 Å². The summed E-state index contributed by atoms with van der Waals surface area (Å²) in [5.74, 6) is 1.22. The third kappa shape index (κ3) is 7.69. The van der Waals surface area contributed by atoms with Crippen LogP contribution in [0.15, 0.2) is 0 Å². The van der Waals surface area contributed by atoms with E-state index in [-0.39, 0.29) is 5.91 Å². The summed E-state index contributed by atoms with van der Waals surface area (Å²) in [6.45, 7) is 7.91. The normalized spacial score (nSPS) is 14.5. The minimum Gasteiger partial charge on any atom is -0.356 e. The molecule has 0 aliphatic heterocycles. The summed E-state index contributed by atoms with van der Waals surface area (Å²) in [4.78, 5) is 11.6. The molecule has 0 radical (unpaired) electrons. The van der Waals surface area contributed by atoms with Crippen LogP contribution in [0.4, 0.5) is 0 Å². The minimum absolute atomic E-state index is 0.187. The molecule has 0 bridgehead atoms. The topological polar surface area (TPSA) is 55.1 Å². The highest BCUT2D eigenvalue weighted by Crippen LogP contribution is 2.10. The lowest BCUT2D eigenvalue weighted by molar-refractivity contribution is -0.122. The third-order valence-electron chi connectivity index (χ3n) is 3.09. The molecular weight excluding hydrogens is 200 g/mol. The van der Waals surface area contributed by atoms with Gasteiger partial charge in [0.2, 0.25) is 5.91 Å². The van der Waals surface area contributed by atoms with Gasteiger partial charge in [-0.2, -0.15) is 0 Å². The number of amides is 1. The van der Waals surface area contributed by atoms with Crippen molar-refractivity contribution in [1.82, 2.24) is 5.32 Å². The zero-order valence-corrected chi connectivity index (χ0v) is 11.1. The number of hydrogen-bond donors (Lipinski definition) is 2. The average Bonchev–Trinajstić information content (AvgIpc) is 2.26. The van der Waals surface area contributed by atoms with Crippen molar-refractivity contribution >= 4 is 5.91 Å². The molecule has 3 nitrogen and oxygen atoms in total. The minimum atomic E-state index is 0.187. The van der Waals surface area contributed by atoms with Crippen molar-refractivity contribution in [3.8, 4) is 0 Å². The Morgan fingerprint density at radius 2 is 2.00 bits per heavy atom. The lowest BCUT2D eigenvalue weighted by Crippen LogP contribution is -2.31. The summed E-state index contributed by atoms with van der Waals surface area (Å²) in [5, 5.41) is 3.02. The van der Waals surface area contributed by atoms with Crippen LogP contribution in [0.5, 0.6) is 0 Å². The van der Waals surface area contributed by atoms with Gasteiger partial charge in [-0.3, -0.25) is 4.79 Å². The molecule has 0 aromatic rings. The highest BCUT2D eigenvalue weighted by atomic mass is 16.1. The molecule has 96 valence electrons. The van der Waals surface area contributed by atoms with Crippen molar-refractivity contribution in [2.75, 3.05) is 13.1 Å². The van der Waals surface area contributed by atoms with Gasteiger partial charge in [0.05, 0.1) is 0 Å². The van der Waals surface area contributed by atoms with E-state index in [1.807, 2.05) is 0 Å². The van der Waals surface area contributed by atoms with E-state index < -0.39 is 0 Å². The molecule has 0 fully saturated rings. The second-order valence-corrected chi connectivity index (χ2v) is 4.75. The predicted molar refractivity (Wildman–Crippen MR) is 69.2 cm³/mol. The Morgan fingerprint density at radius 1 is 1.31 bits per heavy atom. The lowest BCUT2D eigenvalue weighted by atomic mass is 9.99. The second kappa shape index (κ2) is 9.64. The van der Waals surface area contributed by atoms with Gasteiger partial charge in [0.1, 0.15) is 0 Å². The molecule has 3 N–H and O–H groups in total. The van der Waals surface area contributed by atoms with Gasteiger partial charge in [-0.15, -0.1) is 0 Å². The van der Waals surface area contributed by atoms with Crippen LogP contribution in [-0.4, -0.2) is 19.0 Å². The Labute approximate surface area is 100 Å². The maximum Gasteiger partial charge on any atom is 0.220 e. The van der Waals surface area contributed by atoms with Gasteiger partial charge in [-0.25, -0.2) is 0 Å². The van der Waals surface area contributed by atoms with Crippen molar-refractivity contribution in [3.05, 3.63) is 0 Å². The summed E-state index contributed by atoms with van der Waals surface area (Å²) >= 11 is 0. The molecule has 0 saturated carbocycles. The first-order valence-electron chi connectivity index (χ1n) is 6.60. The molecule has 0 aromatic heterocycles. The van der Waals surface area contributed by atoms with Crippen LogP contribution in [-0.2, 0) is 4.79 Å². The van der Waals surface area contributed by atoms with Crippen LogP contribution < -0.4 is 11.1 Å². The highest BCUT2D eigenvalue weighted by molar-refractivity contribution is 5.76. The summed E-state index contributed by atoms with van der Waals surface area (Å²) in [6.07, 6.45) is 5.04. The highest BCUT2D eigenvalue weighted by Gasteiger charge is 2.10. The molecule has 2 unspecified atom stereocenters. The molecule has 16 heavy (non-hydrogen) atoms. The van der Waals surface area contributed by atoms with Crippen LogP contribution in [0.1, 0.15) is 52.9 Å². The fraction of sp³-hybridized carbons (Fsp3) is 0.923. The first-order chi connectivity index (χ1) is 7.63. The van der Waals surface area contributed by atoms with Crippen LogP contribution in [0.2, 0.25) is 0 Å². The molecule has 0 rings (SSSR count). The van der Waals surface area contributed by atoms with E-state index in [0.29, 0.717) is 24.8 Å². The van der Waals surface area contributed by atoms with Gasteiger partial charge in [0.15, 0.2) is 0 Å². The van der Waals surface area contributed by atoms with Gasteiger partial charge >= 0.3 is 0 Å². The molecule has 1 amide bonds. The van der Waals surface area contributed by atoms with Gasteiger partial charge < -0.3 is 11.1 Å². The molecule has 0 aliphatic rings. The monoisotopic (exact) mass is 228 g/mol. The third-order valence-corrected chi connectivity index (χ3v) is 3.09. The van der Waals surface area contributed by atoms with Gasteiger partial charge in [-0.05, 0) is 31.2 Å². The van der Waals surface area contributed by atoms with Crippen molar-refractivity contribution in [2.24, 2.45) is 17.6 Å². The van der Waals surface area contributed by atoms with E-state index in [0.717, 1.165) is 32.2 Å². The van der Waals surface area contributed by atoms with Crippen LogP contribution in [0.25, 0.3) is 0 Å². The lowest BCUT2D eigenvalue weighted by Gasteiger charge is -2.16. The maximum absolute atomic E-state index is 11.6. The van der Waals surface area contributed by atoms with E-state index in [9.17, 15) is 4.79 Å². The SMILES string of the molecule is CCCC(CCN)CNC(=O)CC(C)CC. The molecule has 3 heteroatoms. The first kappa shape index (κ1) is 15.4. The van der Waals surface area contributed by atoms with Crippen molar-refractivity contribution in [2.45, 2.75) is 52.9 Å². The fourth-order valence-electron chi connectivity index (χ4n) is 1.78. The van der Waals surface area contributed by atoms with Crippen molar-refractivity contribution < 1.29 is 4.79 Å². The summed E-state index contributed by atoms with van der Waals surface area (Å²) in [6, 6.07) is 0. The smallest absolute Gasteiger partial charge is 0.220 e. The first-order valence-corrected chi connectivity index (χ1v) is 6.60. The number of nitrogens with two attached hydrogens (primary N) is 1. The largest absolute Gasteiger partial charge is 0.356 e. The molecule has 0 spiro atoms. The van der Waals surface area contributed by atoms with E-state index in [1.54, 1.807) is 0 Å². The number of carbonyl (C=O) groups excluding carboxylic acids is 1. The van der Waals surface area contributed by atoms with Crippen LogP contribution >= 0.6 is 0 Å². The van der Waals surface area contributed by atoms with E-state index in [2.05, 4.69) is 26.1 Å². The Balaban J connectivity index is 3.77. The standard InChI is InChI=1S/C13H28N2O/c1-4-6-12(7-8-14)10-15-13(16)9-11(3)5-2/h11-12H,4-10,14H2,1-3H3,(H,15,16). The molecule has 0 aromatic carbocycles. The number of nitrogens with one attached hydrogen (secondary N) is 1. The predicted octanol–water partition coefficient (Wildman–Crippen LogP) is 2.30. The number of carbonyl (C=O) groups is 1. The van der Waals surface area contributed by atoms with Crippen LogP contribution in [0, 0.1) is 11.8 Å². The maximum atomic E-state index is 11.6. The summed E-state index contributed by atoms with van der Waals surface area (Å²) in [7, 11) is 0. The Kier molecular flexibility index (Phi) is 9.30. The summed E-state index contributed by atoms with van der Waals surface area (Å²) in [5.41, 5.74) is 5.56. The van der Waals surface area contributed by atoms with E-state index in [1.165, 1.54) is 0 Å². The van der Waals surface area contributed by atoms with Gasteiger partial charge in [0.25, 0.3) is 0 Å². The van der Waals surface area contributed by atoms with Gasteiger partial charge in [0, 0.05) is 13.0 Å². The molecule has 2 atom stereocenters. The average molecular weight is 228 g/mol. The van der Waals surface area contributed by atoms with Gasteiger partial charge in [-0.1, -0.05) is 33.6 Å². The van der Waals surface area contributed by atoms with E-state index >= 15 is 0 Å². The zero-order chi connectivity index (χ0) is 12.4. The zero-order valence-electron chi connectivity index (χ0n) is 11.1. The quantitative estimate of drug-likeness (QED) is 0.636. The number of rotatable bonds is 9. The Morgan fingerprint density at radius 3 is 2.50 bits per heavy atom. The number of hydrogen-bond acceptors (Lipinski definition) is 2. The molecule has 0 heterocycles. The Bertz CT molecular complexity index is 177. The van der Waals surface area contributed by atoms with E-state index in [4.69, 9.17) is 5.73 Å².